The molecule has 0 unspecified atom stereocenters. The molecular weight excluding hydrogens is 258 g/mol. The minimum atomic E-state index is -0.603. The minimum Gasteiger partial charge on any atom is -0.463 e. The molecule has 0 atom stereocenters. The molecule has 0 fully saturated rings. The Kier molecular flexibility index (Phi) is 4.30. The summed E-state index contributed by atoms with van der Waals surface area (Å²) in [5.74, 6) is -1.47. The Morgan fingerprint density at radius 2 is 1.95 bits per heavy atom. The Morgan fingerprint density at radius 1 is 1.25 bits per heavy atom. The second-order valence-electron chi connectivity index (χ2n) is 4.37. The van der Waals surface area contributed by atoms with Crippen LogP contribution in [-0.2, 0) is 25.7 Å². The van der Waals surface area contributed by atoms with Gasteiger partial charge >= 0.3 is 5.97 Å². The summed E-state index contributed by atoms with van der Waals surface area (Å²) < 4.78 is 4.80. The van der Waals surface area contributed by atoms with E-state index in [2.05, 4.69) is 0 Å². The van der Waals surface area contributed by atoms with Crippen molar-refractivity contribution in [3.63, 3.8) is 0 Å². The lowest BCUT2D eigenvalue weighted by atomic mass is 10.1. The monoisotopic (exact) mass is 273 g/mol. The van der Waals surface area contributed by atoms with Gasteiger partial charge in [0.25, 0.3) is 5.91 Å². The first kappa shape index (κ1) is 14.0. The van der Waals surface area contributed by atoms with Crippen LogP contribution < -0.4 is 0 Å². The number of imide groups is 1. The number of hydrogen-bond acceptors (Lipinski definition) is 4. The molecule has 2 amide bonds. The number of benzene rings is 1. The van der Waals surface area contributed by atoms with E-state index in [1.165, 1.54) is 6.08 Å². The van der Waals surface area contributed by atoms with E-state index in [9.17, 15) is 14.4 Å². The Hall–Kier alpha value is -2.43. The van der Waals surface area contributed by atoms with Crippen molar-refractivity contribution in [2.75, 3.05) is 6.61 Å². The standard InChI is InChI=1S/C15H15NO4/c1-2-20-15(19)12-8-13(17)16(14(18)9-12)10-11-6-4-3-5-7-11/h3-8H,2,9-10H2,1H3. The lowest BCUT2D eigenvalue weighted by molar-refractivity contribution is -0.147. The maximum absolute atomic E-state index is 12.0. The van der Waals surface area contributed by atoms with Crippen LogP contribution in [0, 0.1) is 0 Å². The van der Waals surface area contributed by atoms with Crippen molar-refractivity contribution in [3.05, 3.63) is 47.5 Å². The molecule has 0 spiro atoms. The van der Waals surface area contributed by atoms with Crippen LogP contribution in [0.2, 0.25) is 0 Å². The first-order chi connectivity index (χ1) is 9.61. The van der Waals surface area contributed by atoms with E-state index in [0.29, 0.717) is 0 Å². The maximum atomic E-state index is 12.0. The van der Waals surface area contributed by atoms with Crippen molar-refractivity contribution in [1.82, 2.24) is 4.90 Å². The van der Waals surface area contributed by atoms with Crippen molar-refractivity contribution in [2.24, 2.45) is 0 Å². The molecule has 0 N–H and O–H groups in total. The van der Waals surface area contributed by atoms with Gasteiger partial charge in [-0.1, -0.05) is 30.3 Å². The third-order valence-corrected chi connectivity index (χ3v) is 2.93. The van der Waals surface area contributed by atoms with Gasteiger partial charge in [0.05, 0.1) is 25.1 Å². The van der Waals surface area contributed by atoms with Crippen LogP contribution in [0.4, 0.5) is 0 Å². The molecule has 1 heterocycles. The molecule has 2 rings (SSSR count). The topological polar surface area (TPSA) is 63.7 Å². The van der Waals surface area contributed by atoms with Crippen molar-refractivity contribution < 1.29 is 19.1 Å². The normalized spacial score (nSPS) is 15.1. The van der Waals surface area contributed by atoms with Crippen LogP contribution in [0.15, 0.2) is 42.0 Å². The van der Waals surface area contributed by atoms with Crippen LogP contribution in [0.25, 0.3) is 0 Å². The number of nitrogens with zero attached hydrogens (tertiary/aromatic N) is 1. The zero-order chi connectivity index (χ0) is 14.5. The molecule has 5 heteroatoms. The summed E-state index contributed by atoms with van der Waals surface area (Å²) in [6.07, 6.45) is 1.08. The number of carbonyl (C=O) groups excluding carboxylic acids is 3. The van der Waals surface area contributed by atoms with Gasteiger partial charge in [0, 0.05) is 6.08 Å². The predicted octanol–water partition coefficient (Wildman–Crippen LogP) is 1.43. The zero-order valence-corrected chi connectivity index (χ0v) is 11.2. The third kappa shape index (κ3) is 3.12. The van der Waals surface area contributed by atoms with Crippen LogP contribution in [0.3, 0.4) is 0 Å². The molecule has 0 saturated carbocycles. The van der Waals surface area contributed by atoms with E-state index in [0.717, 1.165) is 10.5 Å². The molecule has 0 aliphatic carbocycles. The highest BCUT2D eigenvalue weighted by molar-refractivity contribution is 6.11. The first-order valence-corrected chi connectivity index (χ1v) is 6.37. The second kappa shape index (κ2) is 6.14. The molecule has 1 aliphatic rings. The summed E-state index contributed by atoms with van der Waals surface area (Å²) in [5, 5.41) is 0. The van der Waals surface area contributed by atoms with Crippen molar-refractivity contribution >= 4 is 17.8 Å². The van der Waals surface area contributed by atoms with Gasteiger partial charge < -0.3 is 4.74 Å². The van der Waals surface area contributed by atoms with E-state index >= 15 is 0 Å². The Balaban J connectivity index is 2.13. The quantitative estimate of drug-likeness (QED) is 0.615. The van der Waals surface area contributed by atoms with Crippen molar-refractivity contribution in [1.29, 1.82) is 0 Å². The highest BCUT2D eigenvalue weighted by Crippen LogP contribution is 2.17. The van der Waals surface area contributed by atoms with Crippen LogP contribution in [-0.4, -0.2) is 29.3 Å². The van der Waals surface area contributed by atoms with Crippen LogP contribution in [0.5, 0.6) is 0 Å². The maximum Gasteiger partial charge on any atom is 0.334 e. The molecule has 0 aromatic heterocycles. The number of hydrogen-bond donors (Lipinski definition) is 0. The number of esters is 1. The molecular formula is C15H15NO4. The highest BCUT2D eigenvalue weighted by atomic mass is 16.5. The average molecular weight is 273 g/mol. The Bertz CT molecular complexity index is 562. The highest BCUT2D eigenvalue weighted by Gasteiger charge is 2.29. The molecule has 0 saturated heterocycles. The van der Waals surface area contributed by atoms with Gasteiger partial charge in [-0.05, 0) is 12.5 Å². The van der Waals surface area contributed by atoms with Crippen molar-refractivity contribution in [2.45, 2.75) is 19.9 Å². The van der Waals surface area contributed by atoms with Gasteiger partial charge in [-0.2, -0.15) is 0 Å². The molecule has 1 aromatic rings. The molecule has 104 valence electrons. The lowest BCUT2D eigenvalue weighted by Crippen LogP contribution is -2.39. The third-order valence-electron chi connectivity index (χ3n) is 2.93. The van der Waals surface area contributed by atoms with E-state index in [1.54, 1.807) is 6.92 Å². The molecule has 5 nitrogen and oxygen atoms in total. The van der Waals surface area contributed by atoms with Gasteiger partial charge in [-0.3, -0.25) is 14.5 Å². The van der Waals surface area contributed by atoms with Gasteiger partial charge in [-0.15, -0.1) is 0 Å². The minimum absolute atomic E-state index is 0.0998. The fraction of sp³-hybridized carbons (Fsp3) is 0.267. The first-order valence-electron chi connectivity index (χ1n) is 6.37. The summed E-state index contributed by atoms with van der Waals surface area (Å²) in [6, 6.07) is 9.22. The smallest absolute Gasteiger partial charge is 0.334 e. The predicted molar refractivity (Wildman–Crippen MR) is 71.3 cm³/mol. The van der Waals surface area contributed by atoms with E-state index < -0.39 is 11.9 Å². The van der Waals surface area contributed by atoms with E-state index in [4.69, 9.17) is 4.74 Å². The van der Waals surface area contributed by atoms with E-state index in [1.807, 2.05) is 30.3 Å². The number of carbonyl (C=O) groups is 3. The van der Waals surface area contributed by atoms with Crippen molar-refractivity contribution in [3.8, 4) is 0 Å². The van der Waals surface area contributed by atoms with Gasteiger partial charge in [0.2, 0.25) is 5.91 Å². The fourth-order valence-corrected chi connectivity index (χ4v) is 1.95. The van der Waals surface area contributed by atoms with Gasteiger partial charge in [0.1, 0.15) is 0 Å². The van der Waals surface area contributed by atoms with Crippen LogP contribution >= 0.6 is 0 Å². The lowest BCUT2D eigenvalue weighted by Gasteiger charge is -2.24. The van der Waals surface area contributed by atoms with E-state index in [-0.39, 0.29) is 31.1 Å². The SMILES string of the molecule is CCOC(=O)C1=CC(=O)N(Cc2ccccc2)C(=O)C1. The zero-order valence-electron chi connectivity index (χ0n) is 11.2. The number of rotatable bonds is 4. The summed E-state index contributed by atoms with van der Waals surface area (Å²) >= 11 is 0. The number of amides is 2. The largest absolute Gasteiger partial charge is 0.463 e. The van der Waals surface area contributed by atoms with Crippen LogP contribution in [0.1, 0.15) is 18.9 Å². The number of ether oxygens (including phenoxy) is 1. The summed E-state index contributed by atoms with van der Waals surface area (Å²) in [6.45, 7) is 2.10. The Morgan fingerprint density at radius 3 is 2.55 bits per heavy atom. The summed E-state index contributed by atoms with van der Waals surface area (Å²) in [4.78, 5) is 36.6. The Labute approximate surface area is 116 Å². The molecule has 1 aromatic carbocycles. The molecule has 20 heavy (non-hydrogen) atoms. The van der Waals surface area contributed by atoms with Gasteiger partial charge in [-0.25, -0.2) is 4.79 Å². The molecule has 0 bridgehead atoms. The fourth-order valence-electron chi connectivity index (χ4n) is 1.95. The van der Waals surface area contributed by atoms with Gasteiger partial charge in [0.15, 0.2) is 0 Å². The average Bonchev–Trinajstić information content (AvgIpc) is 2.44. The summed E-state index contributed by atoms with van der Waals surface area (Å²) in [5.41, 5.74) is 0.980. The molecule has 1 aliphatic heterocycles. The second-order valence-corrected chi connectivity index (χ2v) is 4.37. The summed E-state index contributed by atoms with van der Waals surface area (Å²) in [7, 11) is 0. The molecule has 0 radical (unpaired) electrons.